The van der Waals surface area contributed by atoms with Crippen LogP contribution in [0, 0.1) is 0 Å². The summed E-state index contributed by atoms with van der Waals surface area (Å²) in [6.45, 7) is 0. The van der Waals surface area contributed by atoms with Gasteiger partial charge in [0.2, 0.25) is 0 Å². The van der Waals surface area contributed by atoms with Gasteiger partial charge < -0.3 is 9.32 Å². The van der Waals surface area contributed by atoms with Crippen molar-refractivity contribution in [3.05, 3.63) is 271 Å². The molecular formula is C63H41NO. The molecule has 12 aromatic rings. The van der Waals surface area contributed by atoms with Crippen LogP contribution in [-0.4, -0.2) is 0 Å². The zero-order chi connectivity index (χ0) is 42.9. The first-order valence-electron chi connectivity index (χ1n) is 22.4. The number of benzene rings is 11. The molecule has 1 aliphatic carbocycles. The molecule has 0 unspecified atom stereocenters. The van der Waals surface area contributed by atoms with Crippen LogP contribution in [0.5, 0.6) is 0 Å². The van der Waals surface area contributed by atoms with Crippen molar-refractivity contribution in [1.29, 1.82) is 0 Å². The second-order valence-corrected chi connectivity index (χ2v) is 17.2. The van der Waals surface area contributed by atoms with Gasteiger partial charge in [0, 0.05) is 27.8 Å². The molecule has 2 nitrogen and oxygen atoms in total. The minimum Gasteiger partial charge on any atom is -0.456 e. The topological polar surface area (TPSA) is 16.4 Å². The van der Waals surface area contributed by atoms with Crippen molar-refractivity contribution in [3.63, 3.8) is 0 Å². The lowest BCUT2D eigenvalue weighted by atomic mass is 9.67. The van der Waals surface area contributed by atoms with Crippen LogP contribution >= 0.6 is 0 Å². The van der Waals surface area contributed by atoms with Crippen molar-refractivity contribution >= 4 is 60.5 Å². The summed E-state index contributed by atoms with van der Waals surface area (Å²) in [6, 6.07) is 91.0. The Kier molecular flexibility index (Phi) is 8.47. The summed E-state index contributed by atoms with van der Waals surface area (Å²) < 4.78 is 6.18. The summed E-state index contributed by atoms with van der Waals surface area (Å²) in [7, 11) is 0. The van der Waals surface area contributed by atoms with Crippen LogP contribution < -0.4 is 4.90 Å². The summed E-state index contributed by atoms with van der Waals surface area (Å²) in [5, 5.41) is 7.32. The van der Waals surface area contributed by atoms with E-state index in [1.807, 2.05) is 12.1 Å². The van der Waals surface area contributed by atoms with Crippen LogP contribution in [-0.2, 0) is 5.41 Å². The Hall–Kier alpha value is -8.46. The molecule has 11 aromatic carbocycles. The number of hydrogen-bond acceptors (Lipinski definition) is 2. The number of fused-ring (bicyclic) bond motifs is 9. The van der Waals surface area contributed by atoms with E-state index in [9.17, 15) is 0 Å². The first-order valence-corrected chi connectivity index (χ1v) is 22.4. The molecule has 304 valence electrons. The molecule has 2 heteroatoms. The van der Waals surface area contributed by atoms with E-state index in [1.54, 1.807) is 0 Å². The first kappa shape index (κ1) is 37.1. The predicted molar refractivity (Wildman–Crippen MR) is 272 cm³/mol. The van der Waals surface area contributed by atoms with Crippen molar-refractivity contribution in [2.75, 3.05) is 4.90 Å². The number of furan rings is 1. The van der Waals surface area contributed by atoms with Gasteiger partial charge in [0.15, 0.2) is 0 Å². The van der Waals surface area contributed by atoms with Gasteiger partial charge in [0.25, 0.3) is 0 Å². The number of rotatable bonds is 7. The van der Waals surface area contributed by atoms with E-state index in [-0.39, 0.29) is 0 Å². The Balaban J connectivity index is 0.965. The van der Waals surface area contributed by atoms with E-state index in [0.29, 0.717) is 0 Å². The summed E-state index contributed by atoms with van der Waals surface area (Å²) in [6.07, 6.45) is 0. The normalized spacial score (nSPS) is 12.7. The van der Waals surface area contributed by atoms with E-state index in [1.165, 1.54) is 66.1 Å². The van der Waals surface area contributed by atoms with E-state index in [0.717, 1.165) is 50.1 Å². The van der Waals surface area contributed by atoms with Crippen molar-refractivity contribution in [2.45, 2.75) is 5.41 Å². The highest BCUT2D eigenvalue weighted by Crippen LogP contribution is 2.57. The molecule has 0 saturated carbocycles. The largest absolute Gasteiger partial charge is 0.456 e. The van der Waals surface area contributed by atoms with Crippen LogP contribution in [0.4, 0.5) is 17.1 Å². The first-order chi connectivity index (χ1) is 32.2. The molecule has 1 aliphatic rings. The Morgan fingerprint density at radius 2 is 0.815 bits per heavy atom. The Bertz CT molecular complexity index is 3710. The molecule has 0 N–H and O–H groups in total. The number of para-hydroxylation sites is 1. The van der Waals surface area contributed by atoms with Gasteiger partial charge in [-0.05, 0) is 138 Å². The van der Waals surface area contributed by atoms with Gasteiger partial charge in [-0.2, -0.15) is 0 Å². The second-order valence-electron chi connectivity index (χ2n) is 17.2. The maximum absolute atomic E-state index is 6.18. The van der Waals surface area contributed by atoms with Gasteiger partial charge in [-0.3, -0.25) is 0 Å². The van der Waals surface area contributed by atoms with Crippen molar-refractivity contribution < 1.29 is 4.42 Å². The smallest absolute Gasteiger partial charge is 0.135 e. The minimum atomic E-state index is -0.513. The van der Waals surface area contributed by atoms with Gasteiger partial charge in [-0.25, -0.2) is 0 Å². The average molecular weight is 828 g/mol. The fourth-order valence-electron chi connectivity index (χ4n) is 10.7. The van der Waals surface area contributed by atoms with Crippen LogP contribution in [0.25, 0.3) is 76.9 Å². The van der Waals surface area contributed by atoms with E-state index < -0.39 is 5.41 Å². The summed E-state index contributed by atoms with van der Waals surface area (Å²) >= 11 is 0. The molecular weight excluding hydrogens is 787 g/mol. The molecule has 0 atom stereocenters. The second kappa shape index (κ2) is 14.8. The van der Waals surface area contributed by atoms with E-state index >= 15 is 0 Å². The lowest BCUT2D eigenvalue weighted by molar-refractivity contribution is 0.669. The number of anilines is 3. The zero-order valence-electron chi connectivity index (χ0n) is 35.5. The third-order valence-corrected chi connectivity index (χ3v) is 13.7. The molecule has 0 saturated heterocycles. The van der Waals surface area contributed by atoms with Crippen LogP contribution in [0.3, 0.4) is 0 Å². The quantitative estimate of drug-likeness (QED) is 0.149. The molecule has 0 bridgehead atoms. The monoisotopic (exact) mass is 827 g/mol. The van der Waals surface area contributed by atoms with Crippen molar-refractivity contribution in [1.82, 2.24) is 0 Å². The molecule has 0 amide bonds. The zero-order valence-corrected chi connectivity index (χ0v) is 35.5. The van der Waals surface area contributed by atoms with Gasteiger partial charge in [-0.1, -0.05) is 188 Å². The molecule has 0 aliphatic heterocycles. The van der Waals surface area contributed by atoms with E-state index in [4.69, 9.17) is 4.42 Å². The molecule has 0 radical (unpaired) electrons. The fraction of sp³-hybridized carbons (Fsp3) is 0.0159. The SMILES string of the molecule is c1ccc(C2(c3ccccc3)c3ccccc3-c3ccc(N(c4ccc(-c5ccc6c(ccc7ccccc76)c5)cc4)c4ccc(-c5ccc6oc7ccccc7c6c5)cc4)cc32)cc1. The van der Waals surface area contributed by atoms with Crippen molar-refractivity contribution in [3.8, 4) is 33.4 Å². The lowest BCUT2D eigenvalue weighted by Gasteiger charge is -2.35. The van der Waals surface area contributed by atoms with Gasteiger partial charge in [-0.15, -0.1) is 0 Å². The molecule has 0 fully saturated rings. The fourth-order valence-corrected chi connectivity index (χ4v) is 10.7. The Morgan fingerprint density at radius 1 is 0.292 bits per heavy atom. The molecule has 0 spiro atoms. The van der Waals surface area contributed by atoms with Crippen LogP contribution in [0.2, 0.25) is 0 Å². The lowest BCUT2D eigenvalue weighted by Crippen LogP contribution is -2.28. The molecule has 65 heavy (non-hydrogen) atoms. The highest BCUT2D eigenvalue weighted by atomic mass is 16.3. The highest BCUT2D eigenvalue weighted by molar-refractivity contribution is 6.09. The molecule has 13 rings (SSSR count). The molecule has 1 heterocycles. The van der Waals surface area contributed by atoms with E-state index in [2.05, 4.69) is 241 Å². The highest BCUT2D eigenvalue weighted by Gasteiger charge is 2.46. The summed E-state index contributed by atoms with van der Waals surface area (Å²) in [5.74, 6) is 0. The Labute approximate surface area is 377 Å². The summed E-state index contributed by atoms with van der Waals surface area (Å²) in [4.78, 5) is 2.41. The van der Waals surface area contributed by atoms with Gasteiger partial charge in [0.05, 0.1) is 5.41 Å². The van der Waals surface area contributed by atoms with Crippen LogP contribution in [0.15, 0.2) is 253 Å². The van der Waals surface area contributed by atoms with Crippen molar-refractivity contribution in [2.24, 2.45) is 0 Å². The molecule has 1 aromatic heterocycles. The third kappa shape index (κ3) is 5.88. The van der Waals surface area contributed by atoms with Gasteiger partial charge >= 0.3 is 0 Å². The predicted octanol–water partition coefficient (Wildman–Crippen LogP) is 17.1. The average Bonchev–Trinajstić information content (AvgIpc) is 3.90. The third-order valence-electron chi connectivity index (χ3n) is 13.7. The van der Waals surface area contributed by atoms with Crippen LogP contribution in [0.1, 0.15) is 22.3 Å². The summed E-state index contributed by atoms with van der Waals surface area (Å²) in [5.41, 5.74) is 16.8. The standard InChI is InChI=1S/C63H41NO/c1-3-14-48(15-4-1)63(49-16-5-2-6-17-49)59-21-11-9-19-55(59)56-37-35-52(41-60(56)63)64(51-33-27-43(28-34-51)46-30-38-62-58(40-46)57-20-10-12-22-61(57)65-62)50-31-25-42(26-32-50)45-29-36-54-47(39-45)24-23-44-13-7-8-18-53(44)54/h1-41H. The maximum atomic E-state index is 6.18. The number of hydrogen-bond donors (Lipinski definition) is 0. The number of nitrogens with zero attached hydrogens (tertiary/aromatic N) is 1. The Morgan fingerprint density at radius 3 is 1.55 bits per heavy atom. The maximum Gasteiger partial charge on any atom is 0.135 e. The van der Waals surface area contributed by atoms with Gasteiger partial charge in [0.1, 0.15) is 11.2 Å². The minimum absolute atomic E-state index is 0.513.